The third kappa shape index (κ3) is 3.30. The summed E-state index contributed by atoms with van der Waals surface area (Å²) in [6.07, 6.45) is 6.59. The van der Waals surface area contributed by atoms with Gasteiger partial charge in [0.2, 0.25) is 0 Å². The first kappa shape index (κ1) is 16.5. The van der Waals surface area contributed by atoms with Crippen LogP contribution in [-0.2, 0) is 6.42 Å². The molecule has 0 bridgehead atoms. The van der Waals surface area contributed by atoms with Gasteiger partial charge in [0.25, 0.3) is 0 Å². The minimum absolute atomic E-state index is 0.296. The standard InChI is InChI=1S/C20H29NO2/c1-14(2)13-18(22)15-9-10-19(23-3)16-7-6-8-17(20(15)16)21-11-4-5-12-21/h9-10,14,17H,4-8,11-13H2,1-3H3. The number of ketones is 1. The largest absolute Gasteiger partial charge is 0.496 e. The summed E-state index contributed by atoms with van der Waals surface area (Å²) < 4.78 is 5.61. The van der Waals surface area contributed by atoms with Crippen molar-refractivity contribution in [2.45, 2.75) is 58.4 Å². The van der Waals surface area contributed by atoms with Crippen molar-refractivity contribution < 1.29 is 9.53 Å². The molecule has 1 aliphatic heterocycles. The molecule has 1 unspecified atom stereocenters. The Hall–Kier alpha value is -1.35. The van der Waals surface area contributed by atoms with Crippen molar-refractivity contribution in [2.75, 3.05) is 20.2 Å². The number of Topliss-reactive ketones (excluding diaryl/α,β-unsaturated/α-hetero) is 1. The minimum Gasteiger partial charge on any atom is -0.496 e. The number of methoxy groups -OCH3 is 1. The molecular formula is C20H29NO2. The number of hydrogen-bond donors (Lipinski definition) is 0. The Balaban J connectivity index is 2.05. The highest BCUT2D eigenvalue weighted by Gasteiger charge is 2.33. The molecular weight excluding hydrogens is 286 g/mol. The average molecular weight is 315 g/mol. The van der Waals surface area contributed by atoms with E-state index in [4.69, 9.17) is 4.74 Å². The van der Waals surface area contributed by atoms with E-state index < -0.39 is 0 Å². The number of fused-ring (bicyclic) bond motifs is 1. The molecule has 0 amide bonds. The van der Waals surface area contributed by atoms with Crippen LogP contribution in [-0.4, -0.2) is 30.9 Å². The van der Waals surface area contributed by atoms with Crippen molar-refractivity contribution in [3.63, 3.8) is 0 Å². The Labute approximate surface area is 140 Å². The Morgan fingerprint density at radius 3 is 2.65 bits per heavy atom. The lowest BCUT2D eigenvalue weighted by Crippen LogP contribution is -2.30. The van der Waals surface area contributed by atoms with E-state index in [1.54, 1.807) is 7.11 Å². The van der Waals surface area contributed by atoms with Crippen LogP contribution >= 0.6 is 0 Å². The van der Waals surface area contributed by atoms with Crippen LogP contribution in [0.3, 0.4) is 0 Å². The number of carbonyl (C=O) groups excluding carboxylic acids is 1. The average Bonchev–Trinajstić information content (AvgIpc) is 3.06. The summed E-state index contributed by atoms with van der Waals surface area (Å²) in [6.45, 7) is 6.57. The second kappa shape index (κ2) is 7.04. The van der Waals surface area contributed by atoms with Gasteiger partial charge in [0.05, 0.1) is 7.11 Å². The molecule has 1 fully saturated rings. The van der Waals surface area contributed by atoms with E-state index in [-0.39, 0.29) is 0 Å². The molecule has 2 aliphatic rings. The number of benzene rings is 1. The van der Waals surface area contributed by atoms with Crippen LogP contribution in [0.4, 0.5) is 0 Å². The lowest BCUT2D eigenvalue weighted by molar-refractivity contribution is 0.0963. The molecule has 1 aromatic rings. The van der Waals surface area contributed by atoms with E-state index in [0.717, 1.165) is 17.7 Å². The molecule has 1 saturated heterocycles. The zero-order valence-electron chi connectivity index (χ0n) is 14.7. The summed E-state index contributed by atoms with van der Waals surface area (Å²) in [6, 6.07) is 4.41. The fraction of sp³-hybridized carbons (Fsp3) is 0.650. The molecule has 1 heterocycles. The van der Waals surface area contributed by atoms with Gasteiger partial charge in [0, 0.05) is 18.0 Å². The number of nitrogens with zero attached hydrogens (tertiary/aromatic N) is 1. The van der Waals surface area contributed by atoms with Gasteiger partial charge in [0.15, 0.2) is 5.78 Å². The SMILES string of the molecule is COc1ccc(C(=O)CC(C)C)c2c1CCCC2N1CCCC1. The summed E-state index contributed by atoms with van der Waals surface area (Å²) in [4.78, 5) is 15.4. The van der Waals surface area contributed by atoms with E-state index in [2.05, 4.69) is 18.7 Å². The van der Waals surface area contributed by atoms with Gasteiger partial charge in [-0.3, -0.25) is 9.69 Å². The smallest absolute Gasteiger partial charge is 0.163 e. The highest BCUT2D eigenvalue weighted by molar-refractivity contribution is 5.98. The van der Waals surface area contributed by atoms with Crippen molar-refractivity contribution >= 4 is 5.78 Å². The number of hydrogen-bond acceptors (Lipinski definition) is 3. The summed E-state index contributed by atoms with van der Waals surface area (Å²) in [5.41, 5.74) is 3.51. The molecule has 3 heteroatoms. The van der Waals surface area contributed by atoms with Crippen LogP contribution in [0.15, 0.2) is 12.1 Å². The number of ether oxygens (including phenoxy) is 1. The van der Waals surface area contributed by atoms with E-state index in [1.165, 1.54) is 49.9 Å². The maximum absolute atomic E-state index is 12.8. The molecule has 3 nitrogen and oxygen atoms in total. The summed E-state index contributed by atoms with van der Waals surface area (Å²) in [5, 5.41) is 0. The van der Waals surface area contributed by atoms with Crippen LogP contribution in [0.5, 0.6) is 5.75 Å². The monoisotopic (exact) mass is 315 g/mol. The molecule has 23 heavy (non-hydrogen) atoms. The summed E-state index contributed by atoms with van der Waals surface area (Å²) in [7, 11) is 1.74. The quantitative estimate of drug-likeness (QED) is 0.754. The molecule has 0 N–H and O–H groups in total. The van der Waals surface area contributed by atoms with E-state index in [9.17, 15) is 4.79 Å². The van der Waals surface area contributed by atoms with E-state index >= 15 is 0 Å². The maximum Gasteiger partial charge on any atom is 0.163 e. The maximum atomic E-state index is 12.8. The summed E-state index contributed by atoms with van der Waals surface area (Å²) >= 11 is 0. The predicted molar refractivity (Wildman–Crippen MR) is 93.3 cm³/mol. The van der Waals surface area contributed by atoms with Crippen LogP contribution in [0.2, 0.25) is 0 Å². The first-order valence-electron chi connectivity index (χ1n) is 9.08. The molecule has 1 atom stereocenters. The van der Waals surface area contributed by atoms with E-state index in [0.29, 0.717) is 24.2 Å². The fourth-order valence-corrected chi connectivity index (χ4v) is 4.23. The normalized spacial score (nSPS) is 21.5. The van der Waals surface area contributed by atoms with Crippen LogP contribution in [0, 0.1) is 5.92 Å². The molecule has 0 saturated carbocycles. The summed E-state index contributed by atoms with van der Waals surface area (Å²) in [5.74, 6) is 1.66. The zero-order valence-corrected chi connectivity index (χ0v) is 14.7. The van der Waals surface area contributed by atoms with Crippen molar-refractivity contribution in [3.05, 3.63) is 28.8 Å². The molecule has 0 aromatic heterocycles. The molecule has 0 radical (unpaired) electrons. The van der Waals surface area contributed by atoms with Crippen molar-refractivity contribution in [2.24, 2.45) is 5.92 Å². The molecule has 3 rings (SSSR count). The number of rotatable bonds is 5. The molecule has 1 aliphatic carbocycles. The second-order valence-corrected chi connectivity index (χ2v) is 7.38. The third-order valence-electron chi connectivity index (χ3n) is 5.25. The highest BCUT2D eigenvalue weighted by Crippen LogP contribution is 2.42. The zero-order chi connectivity index (χ0) is 16.4. The van der Waals surface area contributed by atoms with E-state index in [1.807, 2.05) is 12.1 Å². The Morgan fingerprint density at radius 1 is 1.26 bits per heavy atom. The van der Waals surface area contributed by atoms with Crippen LogP contribution in [0.1, 0.15) is 73.5 Å². The highest BCUT2D eigenvalue weighted by atomic mass is 16.5. The van der Waals surface area contributed by atoms with Gasteiger partial charge in [-0.15, -0.1) is 0 Å². The molecule has 126 valence electrons. The first-order chi connectivity index (χ1) is 11.1. The van der Waals surface area contributed by atoms with Gasteiger partial charge in [-0.05, 0) is 74.4 Å². The van der Waals surface area contributed by atoms with Gasteiger partial charge < -0.3 is 4.74 Å². The fourth-order valence-electron chi connectivity index (χ4n) is 4.23. The molecule has 1 aromatic carbocycles. The van der Waals surface area contributed by atoms with Gasteiger partial charge in [-0.1, -0.05) is 13.8 Å². The third-order valence-corrected chi connectivity index (χ3v) is 5.25. The van der Waals surface area contributed by atoms with Crippen molar-refractivity contribution in [1.82, 2.24) is 4.90 Å². The Bertz CT molecular complexity index is 573. The first-order valence-corrected chi connectivity index (χ1v) is 9.08. The van der Waals surface area contributed by atoms with Crippen molar-refractivity contribution in [3.8, 4) is 5.75 Å². The minimum atomic E-state index is 0.296. The van der Waals surface area contributed by atoms with Crippen LogP contribution in [0.25, 0.3) is 0 Å². The lowest BCUT2D eigenvalue weighted by atomic mass is 9.81. The molecule has 0 spiro atoms. The lowest BCUT2D eigenvalue weighted by Gasteiger charge is -2.35. The van der Waals surface area contributed by atoms with Gasteiger partial charge in [-0.2, -0.15) is 0 Å². The topological polar surface area (TPSA) is 29.5 Å². The number of carbonyl (C=O) groups is 1. The van der Waals surface area contributed by atoms with Crippen LogP contribution < -0.4 is 4.74 Å². The second-order valence-electron chi connectivity index (χ2n) is 7.38. The Morgan fingerprint density at radius 2 is 2.00 bits per heavy atom. The van der Waals surface area contributed by atoms with Gasteiger partial charge in [-0.25, -0.2) is 0 Å². The van der Waals surface area contributed by atoms with Gasteiger partial charge in [0.1, 0.15) is 5.75 Å². The predicted octanol–water partition coefficient (Wildman–Crippen LogP) is 4.40. The van der Waals surface area contributed by atoms with Crippen molar-refractivity contribution in [1.29, 1.82) is 0 Å². The van der Waals surface area contributed by atoms with Gasteiger partial charge >= 0.3 is 0 Å². The Kier molecular flexibility index (Phi) is 5.05. The number of likely N-dealkylation sites (tertiary alicyclic amines) is 1.